The zero-order chi connectivity index (χ0) is 18.4. The molecule has 142 valence electrons. The molecule has 1 unspecified atom stereocenters. The van der Waals surface area contributed by atoms with Gasteiger partial charge in [0.25, 0.3) is 0 Å². The zero-order valence-corrected chi connectivity index (χ0v) is 15.6. The van der Waals surface area contributed by atoms with Gasteiger partial charge in [-0.2, -0.15) is 0 Å². The average molecular weight is 389 g/mol. The largest absolute Gasteiger partial charge is 0.378 e. The van der Waals surface area contributed by atoms with Gasteiger partial charge in [-0.3, -0.25) is 9.56 Å². The number of ether oxygens (including phenoxy) is 1. The van der Waals surface area contributed by atoms with E-state index in [0.717, 1.165) is 36.6 Å². The van der Waals surface area contributed by atoms with Crippen molar-refractivity contribution in [2.45, 2.75) is 25.3 Å². The lowest BCUT2D eigenvalue weighted by molar-refractivity contribution is 0.122. The lowest BCUT2D eigenvalue weighted by Crippen LogP contribution is -2.37. The summed E-state index contributed by atoms with van der Waals surface area (Å²) in [6.07, 6.45) is 4.23. The molecule has 3 aliphatic rings. The van der Waals surface area contributed by atoms with Crippen molar-refractivity contribution >= 4 is 40.8 Å². The molecule has 0 radical (unpaired) electrons. The van der Waals surface area contributed by atoms with E-state index in [2.05, 4.69) is 19.9 Å². The number of guanidine groups is 1. The molecule has 0 amide bonds. The van der Waals surface area contributed by atoms with E-state index in [4.69, 9.17) is 32.0 Å². The van der Waals surface area contributed by atoms with Gasteiger partial charge in [0, 0.05) is 25.8 Å². The van der Waals surface area contributed by atoms with Crippen molar-refractivity contribution in [1.29, 1.82) is 0 Å². The summed E-state index contributed by atoms with van der Waals surface area (Å²) in [6.45, 7) is 4.21. The molecule has 2 aromatic heterocycles. The van der Waals surface area contributed by atoms with Crippen LogP contribution in [0.1, 0.15) is 24.6 Å². The summed E-state index contributed by atoms with van der Waals surface area (Å²) in [7, 11) is 0. The predicted octanol–water partition coefficient (Wildman–Crippen LogP) is 1.21. The first kappa shape index (κ1) is 16.9. The van der Waals surface area contributed by atoms with Crippen molar-refractivity contribution in [2.75, 3.05) is 37.7 Å². The van der Waals surface area contributed by atoms with Crippen LogP contribution in [0.2, 0.25) is 5.28 Å². The van der Waals surface area contributed by atoms with Gasteiger partial charge in [-0.15, -0.1) is 0 Å². The van der Waals surface area contributed by atoms with Crippen molar-refractivity contribution in [3.63, 3.8) is 0 Å². The Morgan fingerprint density at radius 3 is 2.70 bits per heavy atom. The third kappa shape index (κ3) is 3.25. The van der Waals surface area contributed by atoms with Crippen molar-refractivity contribution in [3.8, 4) is 0 Å². The highest BCUT2D eigenvalue weighted by Gasteiger charge is 2.28. The molecular formula is C17H21ClN8O. The molecule has 1 atom stereocenters. The maximum absolute atomic E-state index is 6.48. The lowest BCUT2D eigenvalue weighted by Gasteiger charge is -2.28. The number of aromatic nitrogens is 4. The first-order valence-electron chi connectivity index (χ1n) is 9.29. The van der Waals surface area contributed by atoms with E-state index in [1.165, 1.54) is 12.8 Å². The number of anilines is 1. The average Bonchev–Trinajstić information content (AvgIpc) is 3.46. The van der Waals surface area contributed by atoms with E-state index >= 15 is 0 Å². The zero-order valence-electron chi connectivity index (χ0n) is 14.9. The SMILES string of the molecule is NC1=NCC(c2nc(N3CCOCC3)c3nc(Cl)n(CC4CC4)c3n2)C=N1. The van der Waals surface area contributed by atoms with Gasteiger partial charge in [0.15, 0.2) is 17.0 Å². The molecule has 2 fully saturated rings. The second-order valence-electron chi connectivity index (χ2n) is 7.20. The Labute approximate surface area is 161 Å². The number of hydrogen-bond acceptors (Lipinski definition) is 8. The number of rotatable bonds is 4. The van der Waals surface area contributed by atoms with E-state index < -0.39 is 0 Å². The molecule has 2 N–H and O–H groups in total. The molecule has 1 saturated carbocycles. The number of imidazole rings is 1. The summed E-state index contributed by atoms with van der Waals surface area (Å²) < 4.78 is 7.51. The molecule has 1 aliphatic carbocycles. The van der Waals surface area contributed by atoms with Gasteiger partial charge in [0.1, 0.15) is 5.82 Å². The van der Waals surface area contributed by atoms with Crippen LogP contribution >= 0.6 is 11.6 Å². The fraction of sp³-hybridized carbons (Fsp3) is 0.588. The first-order chi connectivity index (χ1) is 13.2. The topological polar surface area (TPSA) is 107 Å². The van der Waals surface area contributed by atoms with Crippen LogP contribution in [0.15, 0.2) is 9.98 Å². The molecule has 2 aromatic rings. The maximum atomic E-state index is 6.48. The van der Waals surface area contributed by atoms with Crippen LogP contribution in [0.25, 0.3) is 11.2 Å². The van der Waals surface area contributed by atoms with Crippen LogP contribution in [0.4, 0.5) is 5.82 Å². The summed E-state index contributed by atoms with van der Waals surface area (Å²) in [5, 5.41) is 0.470. The van der Waals surface area contributed by atoms with Crippen LogP contribution < -0.4 is 10.6 Å². The second-order valence-corrected chi connectivity index (χ2v) is 7.53. The minimum absolute atomic E-state index is 0.107. The summed E-state index contributed by atoms with van der Waals surface area (Å²) >= 11 is 6.48. The Balaban J connectivity index is 1.62. The third-order valence-electron chi connectivity index (χ3n) is 5.16. The quantitative estimate of drug-likeness (QED) is 0.789. The molecule has 1 saturated heterocycles. The molecule has 2 aliphatic heterocycles. The molecule has 0 spiro atoms. The van der Waals surface area contributed by atoms with Gasteiger partial charge in [0.2, 0.25) is 11.2 Å². The number of morpholine rings is 1. The lowest BCUT2D eigenvalue weighted by atomic mass is 10.1. The van der Waals surface area contributed by atoms with Crippen molar-refractivity contribution < 1.29 is 4.74 Å². The van der Waals surface area contributed by atoms with Crippen LogP contribution in [0, 0.1) is 5.92 Å². The standard InChI is InChI=1S/C17H21ClN8O/c18-16-22-12-14(25-3-5-27-6-4-25)23-13(11-7-20-17(19)21-8-11)24-15(12)26(16)9-10-1-2-10/h7,10-11H,1-6,8-9H2,(H2,19,21). The Bertz CT molecular complexity index is 929. The Morgan fingerprint density at radius 1 is 1.19 bits per heavy atom. The fourth-order valence-corrected chi connectivity index (χ4v) is 3.69. The van der Waals surface area contributed by atoms with E-state index in [9.17, 15) is 0 Å². The molecular weight excluding hydrogens is 368 g/mol. The molecule has 5 rings (SSSR count). The molecule has 4 heterocycles. The maximum Gasteiger partial charge on any atom is 0.214 e. The van der Waals surface area contributed by atoms with Crippen LogP contribution in [0.5, 0.6) is 0 Å². The molecule has 0 bridgehead atoms. The summed E-state index contributed by atoms with van der Waals surface area (Å²) in [5.74, 6) is 2.33. The highest BCUT2D eigenvalue weighted by atomic mass is 35.5. The Morgan fingerprint density at radius 2 is 2.00 bits per heavy atom. The van der Waals surface area contributed by atoms with Crippen LogP contribution in [0.3, 0.4) is 0 Å². The number of fused-ring (bicyclic) bond motifs is 1. The normalized spacial score (nSPS) is 23.1. The van der Waals surface area contributed by atoms with E-state index in [0.29, 0.717) is 42.7 Å². The molecule has 9 nitrogen and oxygen atoms in total. The third-order valence-corrected chi connectivity index (χ3v) is 5.45. The van der Waals surface area contributed by atoms with E-state index in [1.807, 2.05) is 4.57 Å². The number of aliphatic imine (C=N–C) groups is 2. The van der Waals surface area contributed by atoms with E-state index in [-0.39, 0.29) is 5.92 Å². The Hall–Kier alpha value is -2.26. The minimum atomic E-state index is -0.107. The van der Waals surface area contributed by atoms with Crippen LogP contribution in [-0.4, -0.2) is 64.5 Å². The highest BCUT2D eigenvalue weighted by molar-refractivity contribution is 6.29. The van der Waals surface area contributed by atoms with Crippen LogP contribution in [-0.2, 0) is 11.3 Å². The number of halogens is 1. The summed E-state index contributed by atoms with van der Waals surface area (Å²) in [6, 6.07) is 0. The van der Waals surface area contributed by atoms with Crippen molar-refractivity contribution in [1.82, 2.24) is 19.5 Å². The smallest absolute Gasteiger partial charge is 0.214 e. The Kier molecular flexibility index (Phi) is 4.20. The van der Waals surface area contributed by atoms with Gasteiger partial charge in [-0.25, -0.2) is 19.9 Å². The molecule has 27 heavy (non-hydrogen) atoms. The van der Waals surface area contributed by atoms with Gasteiger partial charge in [-0.1, -0.05) is 0 Å². The fourth-order valence-electron chi connectivity index (χ4n) is 3.45. The summed E-state index contributed by atoms with van der Waals surface area (Å²) in [4.78, 5) is 24.8. The van der Waals surface area contributed by atoms with E-state index in [1.54, 1.807) is 6.21 Å². The van der Waals surface area contributed by atoms with Gasteiger partial charge in [-0.05, 0) is 30.4 Å². The predicted molar refractivity (Wildman–Crippen MR) is 104 cm³/mol. The number of nitrogens with two attached hydrogens (primary N) is 1. The van der Waals surface area contributed by atoms with Crippen molar-refractivity contribution in [3.05, 3.63) is 11.1 Å². The highest BCUT2D eigenvalue weighted by Crippen LogP contribution is 2.35. The number of hydrogen-bond donors (Lipinski definition) is 1. The minimum Gasteiger partial charge on any atom is -0.378 e. The monoisotopic (exact) mass is 388 g/mol. The van der Waals surface area contributed by atoms with Gasteiger partial charge in [0.05, 0.1) is 25.7 Å². The van der Waals surface area contributed by atoms with Crippen molar-refractivity contribution in [2.24, 2.45) is 21.6 Å². The number of nitrogens with zero attached hydrogens (tertiary/aromatic N) is 7. The van der Waals surface area contributed by atoms with Gasteiger partial charge < -0.3 is 15.4 Å². The second kappa shape index (κ2) is 6.72. The first-order valence-corrected chi connectivity index (χ1v) is 9.67. The summed E-state index contributed by atoms with van der Waals surface area (Å²) in [5.41, 5.74) is 7.20. The molecule has 0 aromatic carbocycles. The van der Waals surface area contributed by atoms with Gasteiger partial charge >= 0.3 is 0 Å². The molecule has 10 heteroatoms.